The number of aliphatic hydroxyl groups excluding tert-OH is 1. The summed E-state index contributed by atoms with van der Waals surface area (Å²) in [4.78, 5) is 13.9. The lowest BCUT2D eigenvalue weighted by atomic mass is 10.1. The van der Waals surface area contributed by atoms with Crippen molar-refractivity contribution in [2.45, 2.75) is 57.4 Å². The summed E-state index contributed by atoms with van der Waals surface area (Å²) in [5.74, 6) is -0.391. The molecule has 1 N–H and O–H groups in total. The van der Waals surface area contributed by atoms with Gasteiger partial charge in [0.25, 0.3) is 0 Å². The van der Waals surface area contributed by atoms with Gasteiger partial charge in [-0.25, -0.2) is 0 Å². The van der Waals surface area contributed by atoms with Crippen LogP contribution in [0.2, 0.25) is 0 Å². The average Bonchev–Trinajstić information content (AvgIpc) is 3.25. The predicted molar refractivity (Wildman–Crippen MR) is 119 cm³/mol. The molecular formula is C25H31NO7. The summed E-state index contributed by atoms with van der Waals surface area (Å²) >= 11 is 0. The molecule has 2 fully saturated rings. The number of ether oxygens (including phenoxy) is 5. The molecule has 33 heavy (non-hydrogen) atoms. The maximum atomic E-state index is 12.0. The second kappa shape index (κ2) is 10.2. The van der Waals surface area contributed by atoms with Crippen molar-refractivity contribution in [1.29, 1.82) is 0 Å². The van der Waals surface area contributed by atoms with E-state index in [-0.39, 0.29) is 12.5 Å². The predicted octanol–water partition coefficient (Wildman–Crippen LogP) is 2.48. The Labute approximate surface area is 194 Å². The molecule has 178 valence electrons. The summed E-state index contributed by atoms with van der Waals surface area (Å²) in [7, 11) is 1.36. The van der Waals surface area contributed by atoms with Gasteiger partial charge in [0, 0.05) is 13.1 Å². The van der Waals surface area contributed by atoms with Gasteiger partial charge in [0.1, 0.15) is 30.7 Å². The molecule has 0 aromatic heterocycles. The van der Waals surface area contributed by atoms with Gasteiger partial charge in [0.15, 0.2) is 12.1 Å². The number of methoxy groups -OCH3 is 1. The molecular weight excluding hydrogens is 426 g/mol. The highest BCUT2D eigenvalue weighted by Gasteiger charge is 2.54. The minimum Gasteiger partial charge on any atom is -0.489 e. The highest BCUT2D eigenvalue weighted by molar-refractivity contribution is 5.71. The molecule has 2 saturated heterocycles. The van der Waals surface area contributed by atoms with Crippen molar-refractivity contribution in [3.05, 3.63) is 65.7 Å². The van der Waals surface area contributed by atoms with Gasteiger partial charge in [-0.3, -0.25) is 9.69 Å². The zero-order valence-electron chi connectivity index (χ0n) is 19.2. The summed E-state index contributed by atoms with van der Waals surface area (Å²) in [6, 6.07) is 17.7. The average molecular weight is 458 g/mol. The van der Waals surface area contributed by atoms with Gasteiger partial charge in [-0.05, 0) is 37.1 Å². The Morgan fingerprint density at radius 2 is 1.79 bits per heavy atom. The molecule has 2 aromatic rings. The number of hydrogen-bond acceptors (Lipinski definition) is 8. The Hall–Kier alpha value is -2.49. The number of carbonyl (C=O) groups excluding carboxylic acids is 1. The number of aliphatic hydroxyl groups is 1. The van der Waals surface area contributed by atoms with Gasteiger partial charge < -0.3 is 28.8 Å². The van der Waals surface area contributed by atoms with E-state index in [9.17, 15) is 9.90 Å². The van der Waals surface area contributed by atoms with Gasteiger partial charge in [0.05, 0.1) is 13.7 Å². The molecule has 8 heteroatoms. The van der Waals surface area contributed by atoms with Crippen molar-refractivity contribution in [2.24, 2.45) is 0 Å². The fraction of sp³-hybridized carbons (Fsp3) is 0.480. The van der Waals surface area contributed by atoms with Crippen LogP contribution >= 0.6 is 0 Å². The molecule has 2 aromatic carbocycles. The number of nitrogens with zero attached hydrogens (tertiary/aromatic N) is 1. The maximum absolute atomic E-state index is 12.0. The third-order valence-electron chi connectivity index (χ3n) is 5.71. The summed E-state index contributed by atoms with van der Waals surface area (Å²) in [6.45, 7) is 4.93. The minimum absolute atomic E-state index is 0.0673. The fourth-order valence-electron chi connectivity index (χ4n) is 4.09. The lowest BCUT2D eigenvalue weighted by Crippen LogP contribution is -2.43. The van der Waals surface area contributed by atoms with Gasteiger partial charge in [-0.2, -0.15) is 0 Å². The van der Waals surface area contributed by atoms with E-state index < -0.39 is 30.4 Å². The first kappa shape index (κ1) is 23.7. The van der Waals surface area contributed by atoms with Crippen LogP contribution in [-0.4, -0.2) is 66.6 Å². The third-order valence-corrected chi connectivity index (χ3v) is 5.71. The molecule has 0 radical (unpaired) electrons. The molecule has 2 aliphatic rings. The Morgan fingerprint density at radius 1 is 1.06 bits per heavy atom. The van der Waals surface area contributed by atoms with E-state index in [1.807, 2.05) is 59.5 Å². The van der Waals surface area contributed by atoms with E-state index >= 15 is 0 Å². The Morgan fingerprint density at radius 3 is 2.45 bits per heavy atom. The molecule has 4 atom stereocenters. The van der Waals surface area contributed by atoms with E-state index in [1.54, 1.807) is 13.8 Å². The normalized spacial score (nSPS) is 25.7. The van der Waals surface area contributed by atoms with Crippen LogP contribution in [0.15, 0.2) is 54.6 Å². The lowest BCUT2D eigenvalue weighted by molar-refractivity contribution is -0.216. The number of fused-ring (bicyclic) bond motifs is 1. The van der Waals surface area contributed by atoms with Crippen LogP contribution in [0.5, 0.6) is 5.75 Å². The highest BCUT2D eigenvalue weighted by atomic mass is 16.8. The smallest absolute Gasteiger partial charge is 0.319 e. The first-order valence-corrected chi connectivity index (χ1v) is 11.1. The van der Waals surface area contributed by atoms with Gasteiger partial charge in [-0.15, -0.1) is 0 Å². The standard InChI is InChI=1S/C25H31NO7/c1-25(2)32-23-22(28)20(31-24(23)33-25)14-26(15-21(27)29-3)13-17-9-11-19(12-10-17)30-16-18-7-5-4-6-8-18/h4-12,20,22-24,28H,13-16H2,1-3H3/t20-,22+,23-,24-/m1/s1. The molecule has 2 aliphatic heterocycles. The van der Waals surface area contributed by atoms with Gasteiger partial charge in [0.2, 0.25) is 0 Å². The summed E-state index contributed by atoms with van der Waals surface area (Å²) in [6.07, 6.45) is -2.58. The van der Waals surface area contributed by atoms with Crippen LogP contribution in [0, 0.1) is 0 Å². The number of benzene rings is 2. The van der Waals surface area contributed by atoms with Crippen molar-refractivity contribution in [1.82, 2.24) is 4.90 Å². The molecule has 2 heterocycles. The SMILES string of the molecule is COC(=O)CN(Cc1ccc(OCc2ccccc2)cc1)C[C@H]1O[C@@H]2OC(C)(C)O[C@@H]2[C@H]1O. The van der Waals surface area contributed by atoms with Crippen LogP contribution in [0.3, 0.4) is 0 Å². The van der Waals surface area contributed by atoms with Crippen molar-refractivity contribution in [2.75, 3.05) is 20.2 Å². The number of carbonyl (C=O) groups is 1. The number of rotatable bonds is 9. The molecule has 0 unspecified atom stereocenters. The summed E-state index contributed by atoms with van der Waals surface area (Å²) in [5.41, 5.74) is 2.09. The molecule has 0 amide bonds. The molecule has 0 spiro atoms. The fourth-order valence-corrected chi connectivity index (χ4v) is 4.09. The van der Waals surface area contributed by atoms with Crippen LogP contribution in [-0.2, 0) is 36.9 Å². The van der Waals surface area contributed by atoms with Crippen molar-refractivity contribution in [3.63, 3.8) is 0 Å². The van der Waals surface area contributed by atoms with Crippen molar-refractivity contribution in [3.8, 4) is 5.75 Å². The monoisotopic (exact) mass is 457 g/mol. The molecule has 4 rings (SSSR count). The number of esters is 1. The molecule has 8 nitrogen and oxygen atoms in total. The topological polar surface area (TPSA) is 86.7 Å². The van der Waals surface area contributed by atoms with E-state index in [1.165, 1.54) is 7.11 Å². The van der Waals surface area contributed by atoms with E-state index in [0.717, 1.165) is 16.9 Å². The van der Waals surface area contributed by atoms with Crippen LogP contribution in [0.1, 0.15) is 25.0 Å². The molecule has 0 aliphatic carbocycles. The third kappa shape index (κ3) is 6.10. The second-order valence-electron chi connectivity index (χ2n) is 8.80. The van der Waals surface area contributed by atoms with Crippen molar-refractivity contribution >= 4 is 5.97 Å². The quantitative estimate of drug-likeness (QED) is 0.575. The zero-order valence-corrected chi connectivity index (χ0v) is 19.2. The van der Waals surface area contributed by atoms with E-state index in [0.29, 0.717) is 19.7 Å². The largest absolute Gasteiger partial charge is 0.489 e. The zero-order chi connectivity index (χ0) is 23.4. The first-order valence-electron chi connectivity index (χ1n) is 11.1. The summed E-state index contributed by atoms with van der Waals surface area (Å²) in [5, 5.41) is 10.7. The highest BCUT2D eigenvalue weighted by Crippen LogP contribution is 2.37. The second-order valence-corrected chi connectivity index (χ2v) is 8.80. The minimum atomic E-state index is -0.856. The van der Waals surface area contributed by atoms with Crippen molar-refractivity contribution < 1.29 is 33.6 Å². The van der Waals surface area contributed by atoms with E-state index in [2.05, 4.69) is 0 Å². The Kier molecular flexibility index (Phi) is 7.31. The van der Waals surface area contributed by atoms with Crippen LogP contribution in [0.4, 0.5) is 0 Å². The Balaban J connectivity index is 1.36. The Bertz CT molecular complexity index is 918. The van der Waals surface area contributed by atoms with E-state index in [4.69, 9.17) is 23.7 Å². The first-order chi connectivity index (χ1) is 15.8. The maximum Gasteiger partial charge on any atom is 0.319 e. The number of hydrogen-bond donors (Lipinski definition) is 1. The van der Waals surface area contributed by atoms with Crippen LogP contribution in [0.25, 0.3) is 0 Å². The van der Waals surface area contributed by atoms with Crippen LogP contribution < -0.4 is 4.74 Å². The molecule has 0 bridgehead atoms. The molecule has 0 saturated carbocycles. The lowest BCUT2D eigenvalue weighted by Gasteiger charge is -2.28. The van der Waals surface area contributed by atoms with Gasteiger partial charge >= 0.3 is 5.97 Å². The van der Waals surface area contributed by atoms with Gasteiger partial charge in [-0.1, -0.05) is 42.5 Å². The summed E-state index contributed by atoms with van der Waals surface area (Å²) < 4.78 is 28.1.